The fraction of sp³-hybridized carbons (Fsp3) is 0.280. The van der Waals surface area contributed by atoms with Crippen LogP contribution in [0.15, 0.2) is 60.7 Å². The van der Waals surface area contributed by atoms with Crippen LogP contribution in [0.4, 0.5) is 23.5 Å². The first-order valence-electron chi connectivity index (χ1n) is 10.9. The second kappa shape index (κ2) is 11.1. The summed E-state index contributed by atoms with van der Waals surface area (Å²) in [5.74, 6) is -2.61. The van der Waals surface area contributed by atoms with Crippen LogP contribution in [0.3, 0.4) is 0 Å². The van der Waals surface area contributed by atoms with Gasteiger partial charge < -0.3 is 10.0 Å². The molecule has 3 aromatic rings. The molecule has 0 saturated heterocycles. The molecular weight excluding hydrogens is 480 g/mol. The third-order valence-electron chi connectivity index (χ3n) is 5.30. The highest BCUT2D eigenvalue weighted by molar-refractivity contribution is 5.93. The van der Waals surface area contributed by atoms with Gasteiger partial charge in [-0.15, -0.1) is 13.2 Å². The van der Waals surface area contributed by atoms with Crippen molar-refractivity contribution >= 4 is 17.8 Å². The number of alkyl halides is 4. The number of carbonyl (C=O) groups excluding carboxylic acids is 1. The Balaban J connectivity index is 1.86. The molecule has 190 valence electrons. The van der Waals surface area contributed by atoms with Crippen molar-refractivity contribution in [3.8, 4) is 0 Å². The number of hydrogen-bond acceptors (Lipinski definition) is 5. The summed E-state index contributed by atoms with van der Waals surface area (Å²) in [6, 6.07) is 14.5. The monoisotopic (exact) mass is 504 g/mol. The molecule has 1 N–H and O–H groups in total. The van der Waals surface area contributed by atoms with Gasteiger partial charge in [0.1, 0.15) is 11.9 Å². The lowest BCUT2D eigenvalue weighted by atomic mass is 10.0. The van der Waals surface area contributed by atoms with Gasteiger partial charge in [0.25, 0.3) is 5.91 Å². The average molecular weight is 504 g/mol. The summed E-state index contributed by atoms with van der Waals surface area (Å²) in [7, 11) is 3.05. The van der Waals surface area contributed by atoms with Gasteiger partial charge in [-0.25, -0.2) is 24.1 Å². The van der Waals surface area contributed by atoms with E-state index in [1.807, 2.05) is 0 Å². The Bertz CT molecular complexity index is 1200. The molecule has 0 aliphatic rings. The molecule has 11 heteroatoms. The predicted molar refractivity (Wildman–Crippen MR) is 124 cm³/mol. The van der Waals surface area contributed by atoms with Gasteiger partial charge in [-0.1, -0.05) is 42.5 Å². The zero-order chi connectivity index (χ0) is 26.5. The molecule has 1 heterocycles. The molecule has 36 heavy (non-hydrogen) atoms. The van der Waals surface area contributed by atoms with Crippen LogP contribution >= 0.6 is 0 Å². The summed E-state index contributed by atoms with van der Waals surface area (Å²) >= 11 is 0. The van der Waals surface area contributed by atoms with Crippen LogP contribution in [0.2, 0.25) is 0 Å². The second-order valence-electron chi connectivity index (χ2n) is 8.23. The van der Waals surface area contributed by atoms with Crippen molar-refractivity contribution < 1.29 is 32.3 Å². The maximum atomic E-state index is 15.1. The molecule has 0 fully saturated rings. The molecule has 0 radical (unpaired) electrons. The summed E-state index contributed by atoms with van der Waals surface area (Å²) in [6.07, 6.45) is -6.57. The largest absolute Gasteiger partial charge is 0.487 e. The van der Waals surface area contributed by atoms with Crippen LogP contribution in [0, 0.1) is 0 Å². The minimum absolute atomic E-state index is 0.0864. The van der Waals surface area contributed by atoms with Crippen molar-refractivity contribution in [3.05, 3.63) is 88.7 Å². The van der Waals surface area contributed by atoms with Gasteiger partial charge in [0.2, 0.25) is 5.95 Å². The van der Waals surface area contributed by atoms with Crippen LogP contribution in [-0.4, -0.2) is 52.2 Å². The van der Waals surface area contributed by atoms with E-state index in [2.05, 4.69) is 9.97 Å². The standard InChI is InChI=1S/C25H24F4N4O3/c1-32(2)24-30-20(19(26)13-10-16-8-11-18(12-9-16)23(35)36)14-21(31-24)22(34)33(25(27,28)29)15-17-6-4-3-5-7-17/h3-9,11-12,14,19H,10,13,15H2,1-2H3,(H,35,36). The van der Waals surface area contributed by atoms with Crippen LogP contribution in [0.1, 0.15) is 50.3 Å². The van der Waals surface area contributed by atoms with Crippen LogP contribution in [-0.2, 0) is 13.0 Å². The molecule has 3 rings (SSSR count). The number of anilines is 1. The van der Waals surface area contributed by atoms with E-state index in [0.29, 0.717) is 5.56 Å². The molecule has 1 unspecified atom stereocenters. The number of aromatic carboxylic acids is 1. The lowest BCUT2D eigenvalue weighted by Crippen LogP contribution is -2.42. The summed E-state index contributed by atoms with van der Waals surface area (Å²) in [6.45, 7) is -0.731. The Morgan fingerprint density at radius 1 is 0.972 bits per heavy atom. The Labute approximate surface area is 205 Å². The maximum Gasteiger partial charge on any atom is 0.487 e. The molecular formula is C25H24F4N4O3. The lowest BCUT2D eigenvalue weighted by molar-refractivity contribution is -0.228. The zero-order valence-electron chi connectivity index (χ0n) is 19.5. The maximum absolute atomic E-state index is 15.1. The second-order valence-corrected chi connectivity index (χ2v) is 8.23. The molecule has 0 aliphatic heterocycles. The summed E-state index contributed by atoms with van der Waals surface area (Å²) < 4.78 is 56.5. The van der Waals surface area contributed by atoms with E-state index in [1.54, 1.807) is 30.3 Å². The highest BCUT2D eigenvalue weighted by Crippen LogP contribution is 2.28. The van der Waals surface area contributed by atoms with Crippen LogP contribution < -0.4 is 4.90 Å². The van der Waals surface area contributed by atoms with Crippen LogP contribution in [0.5, 0.6) is 0 Å². The van der Waals surface area contributed by atoms with Gasteiger partial charge in [-0.3, -0.25) is 4.79 Å². The Hall–Kier alpha value is -4.02. The fourth-order valence-corrected chi connectivity index (χ4v) is 3.36. The first kappa shape index (κ1) is 26.6. The predicted octanol–water partition coefficient (Wildman–Crippen LogP) is 5.05. The van der Waals surface area contributed by atoms with Gasteiger partial charge in [-0.2, -0.15) is 0 Å². The molecule has 1 aromatic heterocycles. The third-order valence-corrected chi connectivity index (χ3v) is 5.30. The smallest absolute Gasteiger partial charge is 0.478 e. The molecule has 2 aromatic carbocycles. The minimum Gasteiger partial charge on any atom is -0.478 e. The van der Waals surface area contributed by atoms with Crippen molar-refractivity contribution in [2.75, 3.05) is 19.0 Å². The lowest BCUT2D eigenvalue weighted by Gasteiger charge is -2.25. The summed E-state index contributed by atoms with van der Waals surface area (Å²) in [5, 5.41) is 8.98. The van der Waals surface area contributed by atoms with Gasteiger partial charge >= 0.3 is 12.3 Å². The molecule has 0 aliphatic carbocycles. The number of benzene rings is 2. The zero-order valence-corrected chi connectivity index (χ0v) is 19.5. The number of aryl methyl sites for hydroxylation is 1. The van der Waals surface area contributed by atoms with Crippen molar-refractivity contribution in [3.63, 3.8) is 0 Å². The van der Waals surface area contributed by atoms with Gasteiger partial charge in [0.05, 0.1) is 17.8 Å². The normalized spacial score (nSPS) is 12.2. The van der Waals surface area contributed by atoms with E-state index in [-0.39, 0.29) is 40.5 Å². The highest BCUT2D eigenvalue weighted by atomic mass is 19.4. The van der Waals surface area contributed by atoms with E-state index in [9.17, 15) is 22.8 Å². The van der Waals surface area contributed by atoms with Gasteiger partial charge in [0.15, 0.2) is 0 Å². The quantitative estimate of drug-likeness (QED) is 0.324. The van der Waals surface area contributed by atoms with Gasteiger partial charge in [0, 0.05) is 14.1 Å². The topological polar surface area (TPSA) is 86.6 Å². The number of carbonyl (C=O) groups is 2. The summed E-state index contributed by atoms with van der Waals surface area (Å²) in [5.41, 5.74) is 0.232. The van der Waals surface area contributed by atoms with Crippen molar-refractivity contribution in [1.82, 2.24) is 14.9 Å². The number of aromatic nitrogens is 2. The van der Waals surface area contributed by atoms with Crippen molar-refractivity contribution in [2.45, 2.75) is 31.9 Å². The number of carboxylic acids is 1. The molecule has 1 atom stereocenters. The first-order chi connectivity index (χ1) is 17.0. The molecule has 0 saturated carbocycles. The molecule has 0 bridgehead atoms. The van der Waals surface area contributed by atoms with Gasteiger partial charge in [-0.05, 0) is 42.2 Å². The van der Waals surface area contributed by atoms with E-state index < -0.39 is 36.6 Å². The number of nitrogens with zero attached hydrogens (tertiary/aromatic N) is 4. The van der Waals surface area contributed by atoms with E-state index in [1.165, 1.54) is 43.3 Å². The number of amides is 1. The van der Waals surface area contributed by atoms with E-state index >= 15 is 4.39 Å². The minimum atomic E-state index is -4.99. The third kappa shape index (κ3) is 6.77. The van der Waals surface area contributed by atoms with E-state index in [0.717, 1.165) is 6.07 Å². The average Bonchev–Trinajstić information content (AvgIpc) is 2.85. The Morgan fingerprint density at radius 3 is 2.17 bits per heavy atom. The fourth-order valence-electron chi connectivity index (χ4n) is 3.36. The first-order valence-corrected chi connectivity index (χ1v) is 10.9. The van der Waals surface area contributed by atoms with Crippen molar-refractivity contribution in [2.24, 2.45) is 0 Å². The summed E-state index contributed by atoms with van der Waals surface area (Å²) in [4.78, 5) is 33.0. The molecule has 1 amide bonds. The number of carboxylic acid groups (broad SMARTS) is 1. The molecule has 7 nitrogen and oxygen atoms in total. The number of hydrogen-bond donors (Lipinski definition) is 1. The van der Waals surface area contributed by atoms with Crippen molar-refractivity contribution in [1.29, 1.82) is 0 Å². The van der Waals surface area contributed by atoms with Crippen LogP contribution in [0.25, 0.3) is 0 Å². The Kier molecular flexibility index (Phi) is 8.23. The molecule has 0 spiro atoms. The number of halogens is 4. The van der Waals surface area contributed by atoms with E-state index in [4.69, 9.17) is 5.11 Å². The Morgan fingerprint density at radius 2 is 1.61 bits per heavy atom. The SMILES string of the molecule is CN(C)c1nc(C(=O)N(Cc2ccccc2)C(F)(F)F)cc(C(F)CCc2ccc(C(=O)O)cc2)n1. The highest BCUT2D eigenvalue weighted by Gasteiger charge is 2.42. The number of rotatable bonds is 9.